The summed E-state index contributed by atoms with van der Waals surface area (Å²) in [5.74, 6) is -2.82. The molecule has 0 bridgehead atoms. The van der Waals surface area contributed by atoms with Crippen LogP contribution in [0.2, 0.25) is 0 Å². The third-order valence-electron chi connectivity index (χ3n) is 3.62. The van der Waals surface area contributed by atoms with Crippen molar-refractivity contribution >= 4 is 40.8 Å². The van der Waals surface area contributed by atoms with Crippen LogP contribution in [0.1, 0.15) is 31.3 Å². The Morgan fingerprint density at radius 2 is 1.91 bits per heavy atom. The van der Waals surface area contributed by atoms with Crippen molar-refractivity contribution in [2.75, 3.05) is 11.9 Å². The van der Waals surface area contributed by atoms with Crippen LogP contribution in [0.15, 0.2) is 23.2 Å². The largest absolute Gasteiger partial charge is 0.444 e. The molecule has 2 rings (SSSR count). The van der Waals surface area contributed by atoms with Crippen LogP contribution in [0.4, 0.5) is 27.4 Å². The second-order valence-electron chi connectivity index (χ2n) is 7.49. The summed E-state index contributed by atoms with van der Waals surface area (Å²) in [4.78, 5) is 32.3. The van der Waals surface area contributed by atoms with Gasteiger partial charge in [-0.3, -0.25) is 15.1 Å². The topological polar surface area (TPSA) is 117 Å². The van der Waals surface area contributed by atoms with E-state index in [0.717, 1.165) is 30.6 Å². The highest BCUT2D eigenvalue weighted by atomic mass is 32.1. The monoisotopic (exact) mass is 487 g/mol. The van der Waals surface area contributed by atoms with Gasteiger partial charge < -0.3 is 15.5 Å². The summed E-state index contributed by atoms with van der Waals surface area (Å²) in [6, 6.07) is 2.00. The first-order valence-corrected chi connectivity index (χ1v) is 10.3. The molecule has 0 aliphatic heterocycles. The average molecular weight is 487 g/mol. The van der Waals surface area contributed by atoms with Gasteiger partial charge in [-0.05, 0) is 32.9 Å². The van der Waals surface area contributed by atoms with Crippen LogP contribution < -0.4 is 10.6 Å². The number of halogens is 4. The van der Waals surface area contributed by atoms with Crippen molar-refractivity contribution in [3.05, 3.63) is 35.5 Å². The van der Waals surface area contributed by atoms with E-state index in [1.807, 2.05) is 0 Å². The Kier molecular flexibility index (Phi) is 8.63. The van der Waals surface area contributed by atoms with Crippen LogP contribution in [0.25, 0.3) is 10.6 Å². The highest BCUT2D eigenvalue weighted by Gasteiger charge is 2.26. The molecule has 0 spiro atoms. The van der Waals surface area contributed by atoms with Crippen LogP contribution >= 0.6 is 11.3 Å². The Morgan fingerprint density at radius 3 is 2.45 bits per heavy atom. The van der Waals surface area contributed by atoms with Gasteiger partial charge in [0.25, 0.3) is 12.3 Å². The zero-order valence-electron chi connectivity index (χ0n) is 17.8. The molecule has 1 heterocycles. The fraction of sp³-hybridized carbons (Fsp3) is 0.350. The van der Waals surface area contributed by atoms with Gasteiger partial charge in [0, 0.05) is 12.4 Å². The van der Waals surface area contributed by atoms with Gasteiger partial charge in [0.15, 0.2) is 5.69 Å². The standard InChI is InChI=1S/C20H21F4N5O3S/c1-20(2,3)32-19(31)29-18-15(16(30)27-10(7-25)8-26-9-13(23)24)28-17(33-18)14-11(21)5-4-6-12(14)22/h4-8,10,13,25H,9H2,1-3H3,(H,27,30)(H,29,31). The predicted octanol–water partition coefficient (Wildman–Crippen LogP) is 4.52. The Hall–Kier alpha value is -3.35. The Balaban J connectivity index is 2.40. The van der Waals surface area contributed by atoms with E-state index in [-0.39, 0.29) is 10.0 Å². The minimum Gasteiger partial charge on any atom is -0.444 e. The molecule has 13 heteroatoms. The second kappa shape index (κ2) is 11.0. The number of thiazole rings is 1. The summed E-state index contributed by atoms with van der Waals surface area (Å²) in [5.41, 5.74) is -1.79. The molecule has 8 nitrogen and oxygen atoms in total. The zero-order valence-corrected chi connectivity index (χ0v) is 18.6. The van der Waals surface area contributed by atoms with E-state index >= 15 is 0 Å². The molecule has 1 atom stereocenters. The lowest BCUT2D eigenvalue weighted by Gasteiger charge is -2.19. The zero-order chi connectivity index (χ0) is 24.8. The first-order chi connectivity index (χ1) is 15.4. The number of ether oxygens (including phenoxy) is 1. The minimum atomic E-state index is -2.70. The van der Waals surface area contributed by atoms with Gasteiger partial charge in [-0.2, -0.15) is 0 Å². The van der Waals surface area contributed by atoms with Crippen LogP contribution in [-0.4, -0.2) is 54.0 Å². The minimum absolute atomic E-state index is 0.173. The molecule has 178 valence electrons. The maximum Gasteiger partial charge on any atom is 0.412 e. The number of benzene rings is 1. The van der Waals surface area contributed by atoms with E-state index in [1.165, 1.54) is 0 Å². The van der Waals surface area contributed by atoms with Crippen molar-refractivity contribution in [2.24, 2.45) is 4.99 Å². The van der Waals surface area contributed by atoms with Gasteiger partial charge in [0.2, 0.25) is 0 Å². The highest BCUT2D eigenvalue weighted by molar-refractivity contribution is 7.19. The molecular formula is C20H21F4N5O3S. The number of hydrogen-bond donors (Lipinski definition) is 3. The SMILES string of the molecule is CC(C)(C)OC(=O)Nc1sc(-c2c(F)cccc2F)nc1C(=O)NC(C=N)C=NCC(F)F. The molecule has 1 aromatic carbocycles. The molecule has 0 radical (unpaired) electrons. The Labute approximate surface area is 190 Å². The molecule has 1 aromatic heterocycles. The third-order valence-corrected chi connectivity index (χ3v) is 4.61. The number of anilines is 1. The fourth-order valence-corrected chi connectivity index (χ4v) is 3.36. The van der Waals surface area contributed by atoms with Gasteiger partial charge in [-0.15, -0.1) is 0 Å². The molecular weight excluding hydrogens is 466 g/mol. The van der Waals surface area contributed by atoms with Gasteiger partial charge in [-0.25, -0.2) is 27.3 Å². The number of carbonyl (C=O) groups excluding carboxylic acids is 2. The number of hydrogen-bond acceptors (Lipinski definition) is 7. The molecule has 0 saturated heterocycles. The Bertz CT molecular complexity index is 1030. The van der Waals surface area contributed by atoms with Crippen molar-refractivity contribution in [3.8, 4) is 10.6 Å². The summed E-state index contributed by atoms with van der Waals surface area (Å²) < 4.78 is 58.1. The normalized spacial score (nSPS) is 12.6. The maximum atomic E-state index is 14.2. The first-order valence-electron chi connectivity index (χ1n) is 9.46. The third kappa shape index (κ3) is 7.63. The predicted molar refractivity (Wildman–Crippen MR) is 117 cm³/mol. The lowest BCUT2D eigenvalue weighted by Crippen LogP contribution is -2.38. The van der Waals surface area contributed by atoms with Crippen LogP contribution in [0.3, 0.4) is 0 Å². The number of nitrogens with one attached hydrogen (secondary N) is 3. The van der Waals surface area contributed by atoms with Crippen molar-refractivity contribution in [3.63, 3.8) is 0 Å². The summed E-state index contributed by atoms with van der Waals surface area (Å²) >= 11 is 0.626. The van der Waals surface area contributed by atoms with E-state index in [0.29, 0.717) is 11.3 Å². The van der Waals surface area contributed by atoms with Crippen LogP contribution in [-0.2, 0) is 4.74 Å². The van der Waals surface area contributed by atoms with Crippen LogP contribution in [0.5, 0.6) is 0 Å². The van der Waals surface area contributed by atoms with Crippen LogP contribution in [0, 0.1) is 17.0 Å². The summed E-state index contributed by atoms with van der Waals surface area (Å²) in [6.07, 6.45) is -1.98. The van der Waals surface area contributed by atoms with E-state index < -0.39 is 59.5 Å². The smallest absolute Gasteiger partial charge is 0.412 e. The quantitative estimate of drug-likeness (QED) is 0.375. The lowest BCUT2D eigenvalue weighted by atomic mass is 10.2. The second-order valence-corrected chi connectivity index (χ2v) is 8.49. The molecule has 3 N–H and O–H groups in total. The fourth-order valence-electron chi connectivity index (χ4n) is 2.36. The van der Waals surface area contributed by atoms with E-state index in [4.69, 9.17) is 10.1 Å². The van der Waals surface area contributed by atoms with Gasteiger partial charge >= 0.3 is 6.09 Å². The van der Waals surface area contributed by atoms with E-state index in [1.54, 1.807) is 20.8 Å². The molecule has 0 aliphatic rings. The Morgan fingerprint density at radius 1 is 1.27 bits per heavy atom. The molecule has 0 aliphatic carbocycles. The summed E-state index contributed by atoms with van der Waals surface area (Å²) in [7, 11) is 0. The number of aromatic nitrogens is 1. The highest BCUT2D eigenvalue weighted by Crippen LogP contribution is 2.35. The van der Waals surface area contributed by atoms with Gasteiger partial charge in [-0.1, -0.05) is 17.4 Å². The number of alkyl halides is 2. The molecule has 0 fully saturated rings. The van der Waals surface area contributed by atoms with Crippen molar-refractivity contribution in [1.82, 2.24) is 10.3 Å². The van der Waals surface area contributed by atoms with Crippen molar-refractivity contribution in [1.29, 1.82) is 5.41 Å². The molecule has 2 aromatic rings. The van der Waals surface area contributed by atoms with Crippen molar-refractivity contribution < 1.29 is 31.9 Å². The lowest BCUT2D eigenvalue weighted by molar-refractivity contribution is 0.0636. The first kappa shape index (κ1) is 25.9. The average Bonchev–Trinajstić information content (AvgIpc) is 3.08. The van der Waals surface area contributed by atoms with E-state index in [9.17, 15) is 27.2 Å². The number of carbonyl (C=O) groups is 2. The molecule has 0 saturated carbocycles. The summed E-state index contributed by atoms with van der Waals surface area (Å²) in [6.45, 7) is 4.01. The number of nitrogens with zero attached hydrogens (tertiary/aromatic N) is 2. The number of rotatable bonds is 8. The maximum absolute atomic E-state index is 14.2. The molecule has 1 unspecified atom stereocenters. The van der Waals surface area contributed by atoms with Gasteiger partial charge in [0.1, 0.15) is 27.2 Å². The van der Waals surface area contributed by atoms with Gasteiger partial charge in [0.05, 0.1) is 18.2 Å². The number of amides is 2. The number of aliphatic imine (C=N–C) groups is 1. The van der Waals surface area contributed by atoms with Crippen molar-refractivity contribution in [2.45, 2.75) is 38.8 Å². The molecule has 33 heavy (non-hydrogen) atoms. The molecule has 2 amide bonds. The van der Waals surface area contributed by atoms with E-state index in [2.05, 4.69) is 20.6 Å². The summed E-state index contributed by atoms with van der Waals surface area (Å²) in [5, 5.41) is 11.6.